The Morgan fingerprint density at radius 1 is 1.12 bits per heavy atom. The summed E-state index contributed by atoms with van der Waals surface area (Å²) in [6.45, 7) is 5.08. The van der Waals surface area contributed by atoms with Crippen molar-refractivity contribution < 1.29 is 0 Å². The fourth-order valence-electron chi connectivity index (χ4n) is 6.64. The minimum Gasteiger partial charge on any atom is -0.264 e. The summed E-state index contributed by atoms with van der Waals surface area (Å²) in [5.74, 6) is 1.60. The largest absolute Gasteiger partial charge is 0.264 e. The number of allylic oxidation sites excluding steroid dienone is 6. The van der Waals surface area contributed by atoms with Gasteiger partial charge in [0, 0.05) is 17.8 Å². The van der Waals surface area contributed by atoms with Crippen LogP contribution in [0.2, 0.25) is 0 Å². The van der Waals surface area contributed by atoms with Crippen molar-refractivity contribution in [3.8, 4) is 0 Å². The molecule has 0 saturated heterocycles. The number of hydrogen-bond donors (Lipinski definition) is 0. The molecule has 2 fully saturated rings. The summed E-state index contributed by atoms with van der Waals surface area (Å²) < 4.78 is 0. The average Bonchev–Trinajstić information content (AvgIpc) is 2.99. The van der Waals surface area contributed by atoms with Gasteiger partial charge in [0.2, 0.25) is 0 Å². The van der Waals surface area contributed by atoms with Crippen LogP contribution >= 0.6 is 0 Å². The quantitative estimate of drug-likeness (QED) is 0.546. The first kappa shape index (κ1) is 15.6. The van der Waals surface area contributed by atoms with Crippen molar-refractivity contribution in [1.29, 1.82) is 0 Å². The normalized spacial score (nSPS) is 39.5. The van der Waals surface area contributed by atoms with Gasteiger partial charge in [0.1, 0.15) is 0 Å². The fraction of sp³-hybridized carbons (Fsp3) is 0.542. The molecule has 5 rings (SSSR count). The number of hydrogen-bond acceptors (Lipinski definition) is 1. The van der Waals surface area contributed by atoms with Crippen LogP contribution in [-0.2, 0) is 0 Å². The van der Waals surface area contributed by atoms with Crippen molar-refractivity contribution in [2.45, 2.75) is 58.8 Å². The van der Waals surface area contributed by atoms with E-state index in [4.69, 9.17) is 0 Å². The minimum atomic E-state index is 0.223. The van der Waals surface area contributed by atoms with Crippen LogP contribution in [0.1, 0.15) is 64.4 Å². The summed E-state index contributed by atoms with van der Waals surface area (Å²) in [6.07, 6.45) is 21.0. The molecule has 0 aromatic carbocycles. The smallest absolute Gasteiger partial charge is 0.0343 e. The van der Waals surface area contributed by atoms with Gasteiger partial charge in [-0.05, 0) is 73.0 Å². The van der Waals surface area contributed by atoms with Gasteiger partial charge in [-0.25, -0.2) is 0 Å². The molecule has 4 aliphatic carbocycles. The van der Waals surface area contributed by atoms with E-state index >= 15 is 0 Å². The van der Waals surface area contributed by atoms with Gasteiger partial charge in [-0.3, -0.25) is 4.98 Å². The maximum atomic E-state index is 4.37. The maximum absolute atomic E-state index is 4.37. The van der Waals surface area contributed by atoms with Crippen molar-refractivity contribution in [1.82, 2.24) is 4.98 Å². The van der Waals surface area contributed by atoms with Crippen LogP contribution in [-0.4, -0.2) is 4.98 Å². The van der Waals surface area contributed by atoms with Crippen LogP contribution in [0, 0.1) is 22.7 Å². The molecule has 25 heavy (non-hydrogen) atoms. The Bertz CT molecular complexity index is 784. The molecule has 0 amide bonds. The second-order valence-electron chi connectivity index (χ2n) is 9.12. The first-order valence-electron chi connectivity index (χ1n) is 10.2. The van der Waals surface area contributed by atoms with Crippen LogP contribution in [0.5, 0.6) is 0 Å². The van der Waals surface area contributed by atoms with Gasteiger partial charge in [0.15, 0.2) is 0 Å². The zero-order valence-electron chi connectivity index (χ0n) is 15.6. The topological polar surface area (TPSA) is 12.9 Å². The third-order valence-corrected chi connectivity index (χ3v) is 8.04. The van der Waals surface area contributed by atoms with E-state index in [1.807, 2.05) is 12.4 Å². The lowest BCUT2D eigenvalue weighted by atomic mass is 9.49. The Morgan fingerprint density at radius 3 is 2.88 bits per heavy atom. The summed E-state index contributed by atoms with van der Waals surface area (Å²) >= 11 is 0. The van der Waals surface area contributed by atoms with Gasteiger partial charge in [-0.15, -0.1) is 0 Å². The van der Waals surface area contributed by atoms with Crippen molar-refractivity contribution in [2.75, 3.05) is 0 Å². The summed E-state index contributed by atoms with van der Waals surface area (Å²) in [6, 6.07) is 4.30. The van der Waals surface area contributed by atoms with Gasteiger partial charge < -0.3 is 0 Å². The second kappa shape index (κ2) is 5.43. The predicted octanol–water partition coefficient (Wildman–Crippen LogP) is 6.35. The monoisotopic (exact) mass is 331 g/mol. The SMILES string of the molecule is CC12CCC3C(CC=C4CCCCC43C)C1=CC=C2c1cccnc1. The van der Waals surface area contributed by atoms with Crippen LogP contribution in [0.15, 0.2) is 53.9 Å². The highest BCUT2D eigenvalue weighted by molar-refractivity contribution is 5.78. The Kier molecular flexibility index (Phi) is 3.39. The fourth-order valence-corrected chi connectivity index (χ4v) is 6.64. The van der Waals surface area contributed by atoms with Crippen LogP contribution < -0.4 is 0 Å². The molecule has 4 unspecified atom stereocenters. The van der Waals surface area contributed by atoms with E-state index in [9.17, 15) is 0 Å². The van der Waals surface area contributed by atoms with Gasteiger partial charge >= 0.3 is 0 Å². The molecule has 1 heterocycles. The highest BCUT2D eigenvalue weighted by Gasteiger charge is 2.53. The standard InChI is InChI=1S/C24H29N/c1-23-13-4-3-7-18(23)8-9-19-21-11-10-20(17-6-5-15-25-16-17)24(21,2)14-12-22(19)23/h5-6,8,10-11,15-16,19,22H,3-4,7,9,12-14H2,1-2H3. The zero-order valence-corrected chi connectivity index (χ0v) is 15.6. The molecule has 130 valence electrons. The number of aromatic nitrogens is 1. The van der Waals surface area contributed by atoms with Gasteiger partial charge in [-0.1, -0.05) is 55.7 Å². The summed E-state index contributed by atoms with van der Waals surface area (Å²) in [5.41, 5.74) is 7.01. The van der Waals surface area contributed by atoms with Crippen LogP contribution in [0.3, 0.4) is 0 Å². The molecule has 0 radical (unpaired) electrons. The molecular formula is C24H29N. The molecule has 0 bridgehead atoms. The Labute approximate surface area is 151 Å². The molecule has 1 nitrogen and oxygen atoms in total. The van der Waals surface area contributed by atoms with E-state index in [1.54, 1.807) is 11.1 Å². The third-order valence-electron chi connectivity index (χ3n) is 8.04. The molecule has 4 aliphatic rings. The van der Waals surface area contributed by atoms with E-state index in [-0.39, 0.29) is 5.41 Å². The molecular weight excluding hydrogens is 302 g/mol. The van der Waals surface area contributed by atoms with E-state index < -0.39 is 0 Å². The lowest BCUT2D eigenvalue weighted by Crippen LogP contribution is -2.45. The maximum Gasteiger partial charge on any atom is 0.0343 e. The number of nitrogens with zero attached hydrogens (tertiary/aromatic N) is 1. The Balaban J connectivity index is 1.51. The van der Waals surface area contributed by atoms with E-state index in [1.165, 1.54) is 56.1 Å². The number of fused-ring (bicyclic) bond motifs is 5. The van der Waals surface area contributed by atoms with Gasteiger partial charge in [0.05, 0.1) is 0 Å². The molecule has 1 aromatic rings. The number of pyridine rings is 1. The van der Waals surface area contributed by atoms with Crippen molar-refractivity contribution >= 4 is 5.57 Å². The molecule has 0 aliphatic heterocycles. The summed E-state index contributed by atoms with van der Waals surface area (Å²) in [5, 5.41) is 0. The lowest BCUT2D eigenvalue weighted by Gasteiger charge is -2.55. The molecule has 1 heteroatoms. The number of rotatable bonds is 1. The molecule has 1 aromatic heterocycles. The van der Waals surface area contributed by atoms with Crippen LogP contribution in [0.4, 0.5) is 0 Å². The molecule has 2 saturated carbocycles. The zero-order chi connectivity index (χ0) is 17.1. The molecule has 0 spiro atoms. The van der Waals surface area contributed by atoms with E-state index in [2.05, 4.69) is 49.2 Å². The van der Waals surface area contributed by atoms with Crippen molar-refractivity contribution in [2.24, 2.45) is 22.7 Å². The Morgan fingerprint density at radius 2 is 2.04 bits per heavy atom. The molecule has 4 atom stereocenters. The first-order valence-corrected chi connectivity index (χ1v) is 10.2. The minimum absolute atomic E-state index is 0.223. The second-order valence-corrected chi connectivity index (χ2v) is 9.12. The summed E-state index contributed by atoms with van der Waals surface area (Å²) in [7, 11) is 0. The third kappa shape index (κ3) is 2.11. The lowest BCUT2D eigenvalue weighted by molar-refractivity contribution is 0.0775. The van der Waals surface area contributed by atoms with Gasteiger partial charge in [0.25, 0.3) is 0 Å². The first-order chi connectivity index (χ1) is 12.1. The highest BCUT2D eigenvalue weighted by atomic mass is 14.6. The average molecular weight is 332 g/mol. The predicted molar refractivity (Wildman–Crippen MR) is 104 cm³/mol. The Hall–Kier alpha value is -1.63. The van der Waals surface area contributed by atoms with Crippen molar-refractivity contribution in [3.63, 3.8) is 0 Å². The van der Waals surface area contributed by atoms with Crippen LogP contribution in [0.25, 0.3) is 5.57 Å². The molecule has 0 N–H and O–H groups in total. The van der Waals surface area contributed by atoms with E-state index in [0.717, 1.165) is 11.8 Å². The van der Waals surface area contributed by atoms with Gasteiger partial charge in [-0.2, -0.15) is 0 Å². The highest BCUT2D eigenvalue weighted by Crippen LogP contribution is 2.64. The summed E-state index contributed by atoms with van der Waals surface area (Å²) in [4.78, 5) is 4.37. The van der Waals surface area contributed by atoms with E-state index in [0.29, 0.717) is 5.41 Å². The van der Waals surface area contributed by atoms with Crippen molar-refractivity contribution in [3.05, 3.63) is 59.5 Å².